The van der Waals surface area contributed by atoms with E-state index in [2.05, 4.69) is 109 Å². The first-order valence-corrected chi connectivity index (χ1v) is 20.6. The zero-order valence-electron chi connectivity index (χ0n) is 28.2. The SMILES string of the molecule is c1cc2c(c(OCCOc3ccc(-c4sc5ccccc5[s+]4)cc3)c1)Cc1c(cccc1OCCOc1ccc(-c3sc4ccccc4[s+]3)cc1)C2. The maximum Gasteiger partial charge on any atom is 0.286 e. The summed E-state index contributed by atoms with van der Waals surface area (Å²) in [6.07, 6.45) is 1.62. The summed E-state index contributed by atoms with van der Waals surface area (Å²) in [5.74, 6) is 3.51. The van der Waals surface area contributed by atoms with E-state index >= 15 is 0 Å². The standard InChI is InChI=1S/C44H34O4S4/c1-2-12-40-39(11-1)49-43(50-40)29-15-19-33(20-16-29)45-23-25-47-37-9-5-7-31-27-32-8-6-10-38(36(32)28-35(31)37)48-26-24-46-34-21-17-30(18-22-34)44-51-41-13-3-4-14-42(41)52-44/h1-22H,23-28H2/q+2. The minimum atomic E-state index is 0.463. The van der Waals surface area contributed by atoms with Crippen molar-refractivity contribution in [2.75, 3.05) is 26.4 Å². The quantitative estimate of drug-likeness (QED) is 0.0919. The molecule has 256 valence electrons. The third-order valence-electron chi connectivity index (χ3n) is 9.10. The highest BCUT2D eigenvalue weighted by atomic mass is 32.2. The predicted molar refractivity (Wildman–Crippen MR) is 220 cm³/mol. The van der Waals surface area contributed by atoms with Gasteiger partial charge in [0.05, 0.1) is 45.3 Å². The average molecular weight is 755 g/mol. The maximum absolute atomic E-state index is 6.33. The molecule has 1 aliphatic carbocycles. The van der Waals surface area contributed by atoms with Crippen LogP contribution in [0.25, 0.3) is 38.3 Å². The van der Waals surface area contributed by atoms with Crippen LogP contribution in [0, 0.1) is 0 Å². The van der Waals surface area contributed by atoms with Gasteiger partial charge in [0.15, 0.2) is 18.8 Å². The van der Waals surface area contributed by atoms with Gasteiger partial charge in [-0.15, -0.1) is 0 Å². The monoisotopic (exact) mass is 754 g/mol. The molecule has 2 heterocycles. The highest BCUT2D eigenvalue weighted by Crippen LogP contribution is 2.41. The number of benzene rings is 6. The van der Waals surface area contributed by atoms with Gasteiger partial charge in [0.1, 0.15) is 49.4 Å². The Labute approximate surface area is 318 Å². The van der Waals surface area contributed by atoms with Crippen molar-refractivity contribution in [3.05, 3.63) is 156 Å². The van der Waals surface area contributed by atoms with Crippen molar-refractivity contribution in [3.63, 3.8) is 0 Å². The van der Waals surface area contributed by atoms with Crippen LogP contribution >= 0.6 is 45.3 Å². The Kier molecular flexibility index (Phi) is 9.53. The summed E-state index contributed by atoms with van der Waals surface area (Å²) < 4.78 is 32.7. The van der Waals surface area contributed by atoms with Crippen molar-refractivity contribution < 1.29 is 18.9 Å². The van der Waals surface area contributed by atoms with Crippen molar-refractivity contribution >= 4 is 64.1 Å². The van der Waals surface area contributed by atoms with Crippen molar-refractivity contribution in [3.8, 4) is 42.5 Å². The number of fused-ring (bicyclic) bond motifs is 4. The third-order valence-corrected chi connectivity index (χ3v) is 14.3. The molecule has 0 atom stereocenters. The molecule has 0 unspecified atom stereocenters. The Hall–Kier alpha value is -4.86. The van der Waals surface area contributed by atoms with E-state index in [0.717, 1.165) is 35.8 Å². The van der Waals surface area contributed by atoms with Crippen molar-refractivity contribution in [2.45, 2.75) is 12.8 Å². The first kappa shape index (κ1) is 33.0. The van der Waals surface area contributed by atoms with Crippen LogP contribution < -0.4 is 18.9 Å². The number of ether oxygens (including phenoxy) is 4. The van der Waals surface area contributed by atoms with E-state index in [1.165, 1.54) is 60.6 Å². The van der Waals surface area contributed by atoms with Crippen LogP contribution in [0.2, 0.25) is 0 Å². The normalized spacial score (nSPS) is 12.0. The van der Waals surface area contributed by atoms with E-state index in [9.17, 15) is 0 Å². The fraction of sp³-hybridized carbons (Fsp3) is 0.136. The summed E-state index contributed by atoms with van der Waals surface area (Å²) in [6, 6.07) is 46.5. The van der Waals surface area contributed by atoms with Crippen LogP contribution in [0.5, 0.6) is 23.0 Å². The topological polar surface area (TPSA) is 36.9 Å². The molecular formula is C44H34O4S4+2. The van der Waals surface area contributed by atoms with Gasteiger partial charge in [-0.3, -0.25) is 0 Å². The summed E-state index contributed by atoms with van der Waals surface area (Å²) >= 11 is 7.33. The maximum atomic E-state index is 6.33. The average Bonchev–Trinajstić information content (AvgIpc) is 3.83. The molecule has 8 aromatic rings. The zero-order valence-corrected chi connectivity index (χ0v) is 31.5. The van der Waals surface area contributed by atoms with Crippen LogP contribution in [-0.4, -0.2) is 26.4 Å². The van der Waals surface area contributed by atoms with Crippen LogP contribution in [0.1, 0.15) is 22.3 Å². The minimum absolute atomic E-state index is 0.463. The lowest BCUT2D eigenvalue weighted by molar-refractivity contribution is 0.214. The first-order chi connectivity index (χ1) is 25.7. The van der Waals surface area contributed by atoms with E-state index in [1.54, 1.807) is 0 Å². The number of hydrogen-bond donors (Lipinski definition) is 0. The van der Waals surface area contributed by atoms with Gasteiger partial charge in [0.2, 0.25) is 0 Å². The third kappa shape index (κ3) is 7.12. The molecule has 0 saturated carbocycles. The van der Waals surface area contributed by atoms with Gasteiger partial charge in [-0.25, -0.2) is 0 Å². The van der Waals surface area contributed by atoms with Gasteiger partial charge < -0.3 is 18.9 Å². The molecule has 0 aliphatic heterocycles. The second-order valence-corrected chi connectivity index (χ2v) is 17.2. The van der Waals surface area contributed by atoms with E-state index in [-0.39, 0.29) is 0 Å². The van der Waals surface area contributed by atoms with Gasteiger partial charge >= 0.3 is 0 Å². The molecule has 0 radical (unpaired) electrons. The van der Waals surface area contributed by atoms with Crippen LogP contribution in [0.3, 0.4) is 0 Å². The summed E-state index contributed by atoms with van der Waals surface area (Å²) in [7, 11) is 0. The Morgan fingerprint density at radius 3 is 1.33 bits per heavy atom. The van der Waals surface area contributed by atoms with Gasteiger partial charge in [-0.2, -0.15) is 0 Å². The smallest absolute Gasteiger partial charge is 0.286 e. The van der Waals surface area contributed by atoms with E-state index in [0.29, 0.717) is 26.4 Å². The molecule has 0 fully saturated rings. The van der Waals surface area contributed by atoms with Crippen molar-refractivity contribution in [2.24, 2.45) is 0 Å². The Bertz CT molecular complexity index is 2250. The molecule has 0 bridgehead atoms. The molecule has 0 spiro atoms. The summed E-state index contributed by atoms with van der Waals surface area (Å²) in [6.45, 7) is 1.86. The summed E-state index contributed by atoms with van der Waals surface area (Å²) in [4.78, 5) is 0. The van der Waals surface area contributed by atoms with Gasteiger partial charge in [0, 0.05) is 28.7 Å². The highest BCUT2D eigenvalue weighted by Gasteiger charge is 2.23. The molecule has 0 saturated heterocycles. The van der Waals surface area contributed by atoms with E-state index < -0.39 is 0 Å². The lowest BCUT2D eigenvalue weighted by Gasteiger charge is -2.24. The Morgan fingerprint density at radius 2 is 0.865 bits per heavy atom. The zero-order chi connectivity index (χ0) is 34.7. The van der Waals surface area contributed by atoms with Crippen LogP contribution in [0.4, 0.5) is 0 Å². The second-order valence-electron chi connectivity index (χ2n) is 12.5. The van der Waals surface area contributed by atoms with Crippen LogP contribution in [-0.2, 0) is 12.8 Å². The predicted octanol–water partition coefficient (Wildman–Crippen LogP) is 12.5. The van der Waals surface area contributed by atoms with Crippen LogP contribution in [0.15, 0.2) is 133 Å². The molecule has 4 nitrogen and oxygen atoms in total. The number of rotatable bonds is 12. The first-order valence-electron chi connectivity index (χ1n) is 17.3. The van der Waals surface area contributed by atoms with E-state index in [1.807, 2.05) is 69.6 Å². The molecular weight excluding hydrogens is 721 g/mol. The molecule has 0 amide bonds. The fourth-order valence-corrected chi connectivity index (χ4v) is 11.5. The molecule has 9 rings (SSSR count). The lowest BCUT2D eigenvalue weighted by atomic mass is 9.85. The lowest BCUT2D eigenvalue weighted by Crippen LogP contribution is -2.15. The van der Waals surface area contributed by atoms with Gasteiger partial charge in [-0.1, -0.05) is 48.5 Å². The summed E-state index contributed by atoms with van der Waals surface area (Å²) in [5, 5.41) is 0. The molecule has 52 heavy (non-hydrogen) atoms. The highest BCUT2D eigenvalue weighted by molar-refractivity contribution is 7.43. The molecule has 8 heteroatoms. The molecule has 6 aromatic carbocycles. The van der Waals surface area contributed by atoms with Gasteiger partial charge in [-0.05, 0) is 102 Å². The largest absolute Gasteiger partial charge is 0.490 e. The van der Waals surface area contributed by atoms with Crippen molar-refractivity contribution in [1.29, 1.82) is 0 Å². The molecule has 1 aliphatic rings. The minimum Gasteiger partial charge on any atom is -0.490 e. The Morgan fingerprint density at radius 1 is 0.423 bits per heavy atom. The number of hydrogen-bond acceptors (Lipinski definition) is 6. The van der Waals surface area contributed by atoms with Gasteiger partial charge in [0.25, 0.3) is 8.38 Å². The summed E-state index contributed by atoms with van der Waals surface area (Å²) in [5.41, 5.74) is 7.46. The Balaban J connectivity index is 0.781. The second kappa shape index (κ2) is 15.0. The molecule has 0 N–H and O–H groups in total. The van der Waals surface area contributed by atoms with Crippen molar-refractivity contribution in [1.82, 2.24) is 0 Å². The van der Waals surface area contributed by atoms with E-state index in [4.69, 9.17) is 18.9 Å². The molecule has 2 aromatic heterocycles. The fourth-order valence-electron chi connectivity index (χ4n) is 6.52.